The van der Waals surface area contributed by atoms with Crippen LogP contribution in [0.5, 0.6) is 0 Å². The fraction of sp³-hybridized carbons (Fsp3) is 1.00. The molecule has 9 unspecified atom stereocenters. The minimum Gasteiger partial charge on any atom is -0.853 e. The smallest absolute Gasteiger partial charge is 0.224 e. The van der Waals surface area contributed by atoms with Gasteiger partial charge in [-0.1, -0.05) is 0 Å². The van der Waals surface area contributed by atoms with Gasteiger partial charge in [0.1, 0.15) is 43.2 Å². The Bertz CT molecular complexity index is 495. The molecule has 9 atom stereocenters. The first-order valence-corrected chi connectivity index (χ1v) is 9.71. The zero-order chi connectivity index (χ0) is 22.3. The molecule has 0 amide bonds. The van der Waals surface area contributed by atoms with E-state index in [1.165, 1.54) is 35.5 Å². The van der Waals surface area contributed by atoms with Crippen molar-refractivity contribution in [3.05, 3.63) is 0 Å². The highest BCUT2D eigenvalue weighted by molar-refractivity contribution is 5.01. The molecule has 2 heterocycles. The van der Waals surface area contributed by atoms with E-state index in [0.29, 0.717) is 0 Å². The highest BCUT2D eigenvalue weighted by Crippen LogP contribution is 2.40. The van der Waals surface area contributed by atoms with Crippen LogP contribution in [0.1, 0.15) is 0 Å². The van der Waals surface area contributed by atoms with Gasteiger partial charge in [0.15, 0.2) is 6.29 Å². The molecule has 178 valence electrons. The number of hydrogen-bond donors (Lipinski definition) is 0. The topological polar surface area (TPSA) is 115 Å². The highest BCUT2D eigenvalue weighted by atomic mass is 16.8. The maximum Gasteiger partial charge on any atom is 0.224 e. The van der Waals surface area contributed by atoms with Gasteiger partial charge in [0.25, 0.3) is 0 Å². The van der Waals surface area contributed by atoms with E-state index in [-0.39, 0.29) is 13.2 Å². The largest absolute Gasteiger partial charge is 0.853 e. The number of methoxy groups -OCH3 is 7. The second-order valence-corrected chi connectivity index (χ2v) is 7.14. The second kappa shape index (κ2) is 12.0. The Hall–Kier alpha value is -0.440. The van der Waals surface area contributed by atoms with Crippen LogP contribution in [-0.2, 0) is 47.4 Å². The summed E-state index contributed by atoms with van der Waals surface area (Å²) in [6.07, 6.45) is -5.40. The van der Waals surface area contributed by atoms with Crippen molar-refractivity contribution in [3.63, 3.8) is 0 Å². The van der Waals surface area contributed by atoms with E-state index >= 15 is 0 Å². The Morgan fingerprint density at radius 1 is 0.733 bits per heavy atom. The third-order valence-electron chi connectivity index (χ3n) is 5.54. The molecule has 2 rings (SSSR count). The Morgan fingerprint density at radius 3 is 1.83 bits per heavy atom. The lowest BCUT2D eigenvalue weighted by atomic mass is 9.98. The Kier molecular flexibility index (Phi) is 10.3. The maximum atomic E-state index is 11.8. The zero-order valence-electron chi connectivity index (χ0n) is 18.7. The van der Waals surface area contributed by atoms with Gasteiger partial charge in [0.2, 0.25) is 5.79 Å². The Balaban J connectivity index is 2.37. The van der Waals surface area contributed by atoms with Crippen molar-refractivity contribution in [3.8, 4) is 0 Å². The van der Waals surface area contributed by atoms with E-state index in [2.05, 4.69) is 0 Å². The summed E-state index contributed by atoms with van der Waals surface area (Å²) < 4.78 is 57.1. The SMILES string of the molecule is COCC1OC(COC)(OC2OC(C[O-])C(OC)C(OC)C2OC)C(OC)C1OC. The summed E-state index contributed by atoms with van der Waals surface area (Å²) in [5, 5.41) is 11.8. The van der Waals surface area contributed by atoms with Crippen molar-refractivity contribution in [2.45, 2.75) is 54.8 Å². The molecule has 30 heavy (non-hydrogen) atoms. The van der Waals surface area contributed by atoms with Crippen LogP contribution in [0, 0.1) is 0 Å². The van der Waals surface area contributed by atoms with Crippen LogP contribution in [0.4, 0.5) is 0 Å². The molecule has 2 fully saturated rings. The summed E-state index contributed by atoms with van der Waals surface area (Å²) in [5.74, 6) is -1.40. The average Bonchev–Trinajstić information content (AvgIpc) is 3.04. The lowest BCUT2D eigenvalue weighted by Gasteiger charge is -2.48. The average molecular weight is 439 g/mol. The fourth-order valence-corrected chi connectivity index (χ4v) is 4.27. The lowest BCUT2D eigenvalue weighted by molar-refractivity contribution is -0.434. The molecular formula is C19H35O11-. The van der Waals surface area contributed by atoms with Crippen molar-refractivity contribution < 1.29 is 52.5 Å². The molecule has 0 N–H and O–H groups in total. The van der Waals surface area contributed by atoms with Gasteiger partial charge >= 0.3 is 0 Å². The first kappa shape index (κ1) is 25.8. The quantitative estimate of drug-likeness (QED) is 0.356. The molecule has 0 saturated carbocycles. The van der Waals surface area contributed by atoms with Crippen molar-refractivity contribution in [2.24, 2.45) is 0 Å². The molecule has 2 saturated heterocycles. The van der Waals surface area contributed by atoms with Gasteiger partial charge in [-0.05, 0) is 0 Å². The third-order valence-corrected chi connectivity index (χ3v) is 5.54. The monoisotopic (exact) mass is 439 g/mol. The van der Waals surface area contributed by atoms with Gasteiger partial charge in [0, 0.05) is 49.8 Å². The summed E-state index contributed by atoms with van der Waals surface area (Å²) >= 11 is 0. The maximum absolute atomic E-state index is 11.8. The minimum atomic E-state index is -1.40. The van der Waals surface area contributed by atoms with Gasteiger partial charge < -0.3 is 52.5 Å². The second-order valence-electron chi connectivity index (χ2n) is 7.14. The molecule has 11 nitrogen and oxygen atoms in total. The third kappa shape index (κ3) is 4.97. The first-order chi connectivity index (χ1) is 14.5. The number of ether oxygens (including phenoxy) is 10. The molecule has 2 aliphatic heterocycles. The van der Waals surface area contributed by atoms with E-state index < -0.39 is 61.4 Å². The standard InChI is InChI=1S/C19H35O11/c1-21-9-12-14(24-4)17(27-7)19(29-12,10-22-2)30-18-16(26-6)15(25-5)13(23-3)11(8-20)28-18/h11-18H,8-10H2,1-7H3/q-1. The van der Waals surface area contributed by atoms with Crippen LogP contribution < -0.4 is 5.11 Å². The van der Waals surface area contributed by atoms with Crippen LogP contribution in [0.15, 0.2) is 0 Å². The van der Waals surface area contributed by atoms with E-state index in [4.69, 9.17) is 47.4 Å². The molecule has 0 aromatic heterocycles. The molecule has 0 aliphatic carbocycles. The predicted molar refractivity (Wildman–Crippen MR) is 100.0 cm³/mol. The van der Waals surface area contributed by atoms with Gasteiger partial charge in [-0.3, -0.25) is 0 Å². The summed E-state index contributed by atoms with van der Waals surface area (Å²) in [4.78, 5) is 0. The molecule has 11 heteroatoms. The minimum absolute atomic E-state index is 0.00920. The van der Waals surface area contributed by atoms with Gasteiger partial charge in [-0.25, -0.2) is 0 Å². The van der Waals surface area contributed by atoms with Crippen molar-refractivity contribution in [1.29, 1.82) is 0 Å². The predicted octanol–water partition coefficient (Wildman–Crippen LogP) is -1.45. The highest BCUT2D eigenvalue weighted by Gasteiger charge is 2.60. The molecule has 0 bridgehead atoms. The Labute approximate surface area is 177 Å². The molecule has 2 aliphatic rings. The summed E-state index contributed by atoms with van der Waals surface area (Å²) in [5.41, 5.74) is 0. The van der Waals surface area contributed by atoms with E-state index in [9.17, 15) is 5.11 Å². The molecule has 0 aromatic carbocycles. The Morgan fingerprint density at radius 2 is 1.37 bits per heavy atom. The number of rotatable bonds is 12. The number of hydrogen-bond acceptors (Lipinski definition) is 11. The van der Waals surface area contributed by atoms with E-state index in [1.54, 1.807) is 14.2 Å². The first-order valence-electron chi connectivity index (χ1n) is 9.71. The molecule has 0 radical (unpaired) electrons. The molecular weight excluding hydrogens is 404 g/mol. The van der Waals surface area contributed by atoms with E-state index in [1.807, 2.05) is 0 Å². The van der Waals surface area contributed by atoms with Crippen LogP contribution in [0.2, 0.25) is 0 Å². The fourth-order valence-electron chi connectivity index (χ4n) is 4.27. The summed E-state index contributed by atoms with van der Waals surface area (Å²) in [6, 6.07) is 0. The molecule has 0 spiro atoms. The van der Waals surface area contributed by atoms with Crippen molar-refractivity contribution in [2.75, 3.05) is 69.6 Å². The normalized spacial score (nSPS) is 42.0. The van der Waals surface area contributed by atoms with Crippen molar-refractivity contribution >= 4 is 0 Å². The van der Waals surface area contributed by atoms with Gasteiger partial charge in [-0.2, -0.15) is 0 Å². The summed E-state index contributed by atoms with van der Waals surface area (Å²) in [7, 11) is 10.7. The van der Waals surface area contributed by atoms with Gasteiger partial charge in [-0.15, -0.1) is 6.61 Å². The van der Waals surface area contributed by atoms with E-state index in [0.717, 1.165) is 0 Å². The van der Waals surface area contributed by atoms with Crippen LogP contribution in [-0.4, -0.2) is 124 Å². The van der Waals surface area contributed by atoms with Crippen LogP contribution >= 0.6 is 0 Å². The van der Waals surface area contributed by atoms with Gasteiger partial charge in [0.05, 0.1) is 12.7 Å². The molecule has 0 aromatic rings. The van der Waals surface area contributed by atoms with Crippen molar-refractivity contribution in [1.82, 2.24) is 0 Å². The van der Waals surface area contributed by atoms with Crippen LogP contribution in [0.3, 0.4) is 0 Å². The van der Waals surface area contributed by atoms with Crippen LogP contribution in [0.25, 0.3) is 0 Å². The summed E-state index contributed by atoms with van der Waals surface area (Å²) in [6.45, 7) is -0.287. The lowest BCUT2D eigenvalue weighted by Crippen LogP contribution is -2.65. The zero-order valence-corrected chi connectivity index (χ0v) is 18.7.